The number of Topliss-reactive ketones (excluding diaryl/α,β-unsaturated/α-hetero) is 1. The summed E-state index contributed by atoms with van der Waals surface area (Å²) in [7, 11) is 1.47. The Labute approximate surface area is 139 Å². The molecule has 1 aliphatic rings. The Balaban J connectivity index is 1.88. The highest BCUT2D eigenvalue weighted by atomic mass is 32.2. The summed E-state index contributed by atoms with van der Waals surface area (Å²) in [5.41, 5.74) is 2.27. The van der Waals surface area contributed by atoms with E-state index >= 15 is 0 Å². The van der Waals surface area contributed by atoms with Crippen molar-refractivity contribution in [2.45, 2.75) is 30.8 Å². The summed E-state index contributed by atoms with van der Waals surface area (Å²) in [6, 6.07) is 13.6. The van der Waals surface area contributed by atoms with Crippen LogP contribution in [-0.2, 0) is 9.22 Å². The van der Waals surface area contributed by atoms with Gasteiger partial charge in [-0.05, 0) is 49.2 Å². The van der Waals surface area contributed by atoms with Crippen molar-refractivity contribution in [1.82, 2.24) is 0 Å². The van der Waals surface area contributed by atoms with Crippen LogP contribution < -0.4 is 4.74 Å². The Morgan fingerprint density at radius 1 is 1.09 bits per heavy atom. The third kappa shape index (κ3) is 3.58. The molecule has 0 aromatic heterocycles. The van der Waals surface area contributed by atoms with Crippen molar-refractivity contribution in [3.05, 3.63) is 48.0 Å². The molecule has 0 bridgehead atoms. The van der Waals surface area contributed by atoms with Crippen molar-refractivity contribution >= 4 is 17.8 Å². The first-order valence-corrected chi connectivity index (χ1v) is 8.07. The van der Waals surface area contributed by atoms with Crippen LogP contribution in [0.3, 0.4) is 0 Å². The fraction of sp³-hybridized carbons (Fsp3) is 0.278. The number of carbonyl (C=O) groups excluding carboxylic acids is 1. The predicted molar refractivity (Wildman–Crippen MR) is 89.5 cm³/mol. The average Bonchev–Trinajstić information content (AvgIpc) is 2.51. The maximum atomic E-state index is 12.2. The van der Waals surface area contributed by atoms with Crippen LogP contribution in [-0.4, -0.2) is 18.5 Å². The zero-order valence-corrected chi connectivity index (χ0v) is 14.1. The van der Waals surface area contributed by atoms with Gasteiger partial charge < -0.3 is 4.74 Å². The Bertz CT molecular complexity index is 722. The van der Waals surface area contributed by atoms with Crippen LogP contribution in [0.1, 0.15) is 30.6 Å². The molecular weight excluding hydrogens is 312 g/mol. The molecule has 0 N–H and O–H groups in total. The topological polar surface area (TPSA) is 44.8 Å². The molecule has 0 fully saturated rings. The van der Waals surface area contributed by atoms with Crippen molar-refractivity contribution in [3.63, 3.8) is 0 Å². The first kappa shape index (κ1) is 16.1. The molecular formula is C18H18O4S. The highest BCUT2D eigenvalue weighted by molar-refractivity contribution is 7.94. The van der Waals surface area contributed by atoms with Gasteiger partial charge in [0.05, 0.1) is 31.1 Å². The van der Waals surface area contributed by atoms with Crippen LogP contribution >= 0.6 is 12.0 Å². The van der Waals surface area contributed by atoms with Crippen molar-refractivity contribution in [2.75, 3.05) is 7.11 Å². The lowest BCUT2D eigenvalue weighted by atomic mass is 9.91. The molecule has 1 aliphatic heterocycles. The molecule has 4 nitrogen and oxygen atoms in total. The molecule has 1 heterocycles. The first-order valence-electron chi connectivity index (χ1n) is 7.32. The zero-order chi connectivity index (χ0) is 16.4. The maximum Gasteiger partial charge on any atom is 0.170 e. The molecule has 3 rings (SSSR count). The normalized spacial score (nSPS) is 15.9. The molecule has 0 aliphatic carbocycles. The first-order chi connectivity index (χ1) is 11.0. The molecule has 2 aromatic carbocycles. The summed E-state index contributed by atoms with van der Waals surface area (Å²) < 4.78 is 10.8. The van der Waals surface area contributed by atoms with Gasteiger partial charge in [-0.1, -0.05) is 18.2 Å². The molecule has 120 valence electrons. The van der Waals surface area contributed by atoms with E-state index in [9.17, 15) is 4.79 Å². The largest absolute Gasteiger partial charge is 0.487 e. The molecule has 5 heteroatoms. The third-order valence-corrected chi connectivity index (χ3v) is 4.31. The van der Waals surface area contributed by atoms with E-state index in [4.69, 9.17) is 9.07 Å². The van der Waals surface area contributed by atoms with Gasteiger partial charge in [-0.3, -0.25) is 4.79 Å². The minimum Gasteiger partial charge on any atom is -0.487 e. The van der Waals surface area contributed by atoms with Gasteiger partial charge in [0, 0.05) is 4.90 Å². The molecule has 23 heavy (non-hydrogen) atoms. The Morgan fingerprint density at radius 3 is 2.48 bits per heavy atom. The number of carbonyl (C=O) groups is 1. The standard InChI is InChI=1S/C18H18O4S/c1-18(2)11-16(19)15-9-6-13(10-17(15)21-18)12-4-7-14(8-5-12)23-22-20-3/h4-10H,11H2,1-3H3. The summed E-state index contributed by atoms with van der Waals surface area (Å²) in [4.78, 5) is 17.7. The summed E-state index contributed by atoms with van der Waals surface area (Å²) in [5, 5.41) is 0. The van der Waals surface area contributed by atoms with Crippen molar-refractivity contribution in [3.8, 4) is 16.9 Å². The fourth-order valence-corrected chi connectivity index (χ4v) is 3.00. The number of hydrogen-bond donors (Lipinski definition) is 0. The zero-order valence-electron chi connectivity index (χ0n) is 13.3. The third-order valence-electron chi connectivity index (χ3n) is 3.64. The van der Waals surface area contributed by atoms with Gasteiger partial charge in [0.15, 0.2) is 5.78 Å². The lowest BCUT2D eigenvalue weighted by Crippen LogP contribution is -2.35. The summed E-state index contributed by atoms with van der Waals surface area (Å²) in [6.07, 6.45) is 0.408. The van der Waals surface area contributed by atoms with E-state index in [1.807, 2.05) is 56.3 Å². The van der Waals surface area contributed by atoms with Gasteiger partial charge >= 0.3 is 0 Å². The number of hydrogen-bond acceptors (Lipinski definition) is 5. The van der Waals surface area contributed by atoms with E-state index in [0.29, 0.717) is 17.7 Å². The minimum atomic E-state index is -0.458. The fourth-order valence-electron chi connectivity index (χ4n) is 2.61. The van der Waals surface area contributed by atoms with E-state index in [1.54, 1.807) is 0 Å². The molecule has 0 amide bonds. The molecule has 0 atom stereocenters. The maximum absolute atomic E-state index is 12.2. The molecule has 0 spiro atoms. The highest BCUT2D eigenvalue weighted by Crippen LogP contribution is 2.36. The number of fused-ring (bicyclic) bond motifs is 1. The monoisotopic (exact) mass is 330 g/mol. The van der Waals surface area contributed by atoms with Gasteiger partial charge in [0.25, 0.3) is 0 Å². The van der Waals surface area contributed by atoms with E-state index in [1.165, 1.54) is 7.11 Å². The van der Waals surface area contributed by atoms with Gasteiger partial charge in [-0.2, -0.15) is 4.33 Å². The van der Waals surface area contributed by atoms with Crippen LogP contribution in [0.15, 0.2) is 47.4 Å². The minimum absolute atomic E-state index is 0.131. The van der Waals surface area contributed by atoms with Gasteiger partial charge in [0.2, 0.25) is 0 Å². The summed E-state index contributed by atoms with van der Waals surface area (Å²) in [6.45, 7) is 3.87. The quantitative estimate of drug-likeness (QED) is 0.462. The van der Waals surface area contributed by atoms with Crippen LogP contribution in [0.2, 0.25) is 0 Å². The van der Waals surface area contributed by atoms with Crippen LogP contribution in [0.4, 0.5) is 0 Å². The van der Waals surface area contributed by atoms with E-state index < -0.39 is 5.60 Å². The molecule has 2 aromatic rings. The molecule has 0 saturated heterocycles. The van der Waals surface area contributed by atoms with E-state index in [-0.39, 0.29) is 5.78 Å². The molecule has 0 saturated carbocycles. The number of ketones is 1. The number of benzene rings is 2. The molecule has 0 radical (unpaired) electrons. The second-order valence-corrected chi connectivity index (χ2v) is 6.79. The van der Waals surface area contributed by atoms with Gasteiger partial charge in [-0.25, -0.2) is 4.89 Å². The summed E-state index contributed by atoms with van der Waals surface area (Å²) in [5.74, 6) is 0.788. The van der Waals surface area contributed by atoms with Crippen LogP contribution in [0.5, 0.6) is 5.75 Å². The Morgan fingerprint density at radius 2 is 1.78 bits per heavy atom. The highest BCUT2D eigenvalue weighted by Gasteiger charge is 2.32. The smallest absolute Gasteiger partial charge is 0.170 e. The van der Waals surface area contributed by atoms with E-state index in [0.717, 1.165) is 28.1 Å². The van der Waals surface area contributed by atoms with Gasteiger partial charge in [-0.15, -0.1) is 0 Å². The van der Waals surface area contributed by atoms with E-state index in [2.05, 4.69) is 4.89 Å². The Kier molecular flexibility index (Phi) is 4.43. The van der Waals surface area contributed by atoms with Crippen LogP contribution in [0, 0.1) is 0 Å². The van der Waals surface area contributed by atoms with Gasteiger partial charge in [0.1, 0.15) is 11.4 Å². The predicted octanol–water partition coefficient (Wildman–Crippen LogP) is 4.68. The SMILES string of the molecule is COOSc1ccc(-c2ccc3c(c2)OC(C)(C)CC3=O)cc1. The lowest BCUT2D eigenvalue weighted by Gasteiger charge is -2.31. The Hall–Kier alpha value is -1.82. The molecule has 0 unspecified atom stereocenters. The van der Waals surface area contributed by atoms with Crippen molar-refractivity contribution in [2.24, 2.45) is 0 Å². The second-order valence-electron chi connectivity index (χ2n) is 6.02. The second kappa shape index (κ2) is 6.35. The van der Waals surface area contributed by atoms with Crippen LogP contribution in [0.25, 0.3) is 11.1 Å². The van der Waals surface area contributed by atoms with Crippen molar-refractivity contribution < 1.29 is 18.8 Å². The summed E-state index contributed by atoms with van der Waals surface area (Å²) >= 11 is 1.16. The lowest BCUT2D eigenvalue weighted by molar-refractivity contribution is -0.160. The van der Waals surface area contributed by atoms with Crippen molar-refractivity contribution in [1.29, 1.82) is 0 Å². The average molecular weight is 330 g/mol. The number of rotatable bonds is 4. The number of ether oxygens (including phenoxy) is 1.